The van der Waals surface area contributed by atoms with Gasteiger partial charge in [0.15, 0.2) is 28.8 Å². The number of Topliss-reactive ketones (excluding diaryl/α,β-unsaturated/α-hetero) is 2. The van der Waals surface area contributed by atoms with Crippen LogP contribution in [0.15, 0.2) is 46.1 Å². The van der Waals surface area contributed by atoms with Crippen LogP contribution in [0.1, 0.15) is 139 Å². The van der Waals surface area contributed by atoms with Crippen molar-refractivity contribution in [1.29, 1.82) is 0 Å². The Morgan fingerprint density at radius 2 is 1.31 bits per heavy atom. The summed E-state index contributed by atoms with van der Waals surface area (Å²) in [5, 5.41) is 0.615. The van der Waals surface area contributed by atoms with Gasteiger partial charge in [0.25, 0.3) is 5.78 Å². The summed E-state index contributed by atoms with van der Waals surface area (Å²) in [6.45, 7) is 23.4. The van der Waals surface area contributed by atoms with Crippen molar-refractivity contribution in [1.82, 2.24) is 0 Å². The third-order valence-electron chi connectivity index (χ3n) is 16.1. The van der Waals surface area contributed by atoms with Gasteiger partial charge >= 0.3 is 0 Å². The SMILES string of the molecule is C=C1CCC[C@H]2[C@](C)(CC3=C(OC)C(=O)c4oc5c(C[C@]6(C)[C@@H](C)CC[C@@]7(C)C(=C)CCC[C@@H]67)c(OC)c(OC)cc5c4C3=O)[C@@H](C)CC[C@@]12C. The summed E-state index contributed by atoms with van der Waals surface area (Å²) < 4.78 is 24.6. The minimum absolute atomic E-state index is 0.0223. The van der Waals surface area contributed by atoms with Crippen LogP contribution in [0, 0.1) is 45.3 Å². The summed E-state index contributed by atoms with van der Waals surface area (Å²) in [4.78, 5) is 29.5. The van der Waals surface area contributed by atoms with Crippen molar-refractivity contribution in [2.75, 3.05) is 21.3 Å². The number of allylic oxidation sites excluding steroid dienone is 4. The molecule has 0 spiro atoms. The molecule has 0 bridgehead atoms. The maximum atomic E-state index is 15.0. The molecule has 8 atom stereocenters. The smallest absolute Gasteiger partial charge is 0.263 e. The lowest BCUT2D eigenvalue weighted by molar-refractivity contribution is -0.0491. The Hall–Kier alpha value is -3.28. The molecule has 2 aromatic rings. The zero-order chi connectivity index (χ0) is 36.8. The van der Waals surface area contributed by atoms with Gasteiger partial charge in [-0.1, -0.05) is 65.8 Å². The molecule has 51 heavy (non-hydrogen) atoms. The second-order valence-electron chi connectivity index (χ2n) is 18.1. The third-order valence-corrected chi connectivity index (χ3v) is 16.1. The Morgan fingerprint density at radius 1 is 0.765 bits per heavy atom. The van der Waals surface area contributed by atoms with E-state index >= 15 is 4.79 Å². The van der Waals surface area contributed by atoms with Crippen molar-refractivity contribution in [3.8, 4) is 11.5 Å². The van der Waals surface area contributed by atoms with Crippen LogP contribution >= 0.6 is 0 Å². The fourth-order valence-corrected chi connectivity index (χ4v) is 12.3. The number of ether oxygens (including phenoxy) is 3. The molecule has 276 valence electrons. The lowest BCUT2D eigenvalue weighted by atomic mass is 9.46. The molecule has 1 aromatic carbocycles. The molecule has 4 saturated carbocycles. The van der Waals surface area contributed by atoms with Gasteiger partial charge in [-0.05, 0) is 128 Å². The first kappa shape index (κ1) is 36.1. The van der Waals surface area contributed by atoms with E-state index in [4.69, 9.17) is 18.6 Å². The van der Waals surface area contributed by atoms with E-state index in [0.717, 1.165) is 69.8 Å². The monoisotopic (exact) mass is 696 g/mol. The summed E-state index contributed by atoms with van der Waals surface area (Å²) in [6, 6.07) is 1.84. The first-order chi connectivity index (χ1) is 24.1. The normalized spacial score (nSPS) is 36.9. The molecule has 0 radical (unpaired) electrons. The van der Waals surface area contributed by atoms with Gasteiger partial charge in [0.2, 0.25) is 0 Å². The number of carbonyl (C=O) groups excluding carboxylic acids is 2. The van der Waals surface area contributed by atoms with Crippen molar-refractivity contribution >= 4 is 22.5 Å². The maximum Gasteiger partial charge on any atom is 0.263 e. The van der Waals surface area contributed by atoms with Crippen molar-refractivity contribution < 1.29 is 28.2 Å². The fraction of sp³-hybridized carbons (Fsp3) is 0.644. The number of hydrogen-bond donors (Lipinski definition) is 0. The quantitative estimate of drug-likeness (QED) is 0.268. The predicted octanol–water partition coefficient (Wildman–Crippen LogP) is 11.3. The summed E-state index contributed by atoms with van der Waals surface area (Å²) in [5.74, 6) is 2.38. The van der Waals surface area contributed by atoms with Gasteiger partial charge in [-0.15, -0.1) is 0 Å². The first-order valence-corrected chi connectivity index (χ1v) is 19.5. The number of fused-ring (bicyclic) bond motifs is 5. The van der Waals surface area contributed by atoms with Crippen LogP contribution in [0.2, 0.25) is 0 Å². The van der Waals surface area contributed by atoms with E-state index in [1.807, 2.05) is 6.07 Å². The van der Waals surface area contributed by atoms with Gasteiger partial charge in [-0.3, -0.25) is 9.59 Å². The van der Waals surface area contributed by atoms with E-state index in [0.29, 0.717) is 70.1 Å². The zero-order valence-electron chi connectivity index (χ0n) is 32.7. The molecule has 0 unspecified atom stereocenters. The van der Waals surface area contributed by atoms with Gasteiger partial charge < -0.3 is 18.6 Å². The standard InChI is InChI=1S/C45H60O6/c1-25-14-12-16-33-42(25,5)20-18-27(3)44(33,7)23-30-36(46)35-29-22-32(48-9)39(49-10)31(38(29)51-41(35)37(47)40(30)50-11)24-45(8)28(4)19-21-43(6)26(2)15-13-17-34(43)45/h22,27-28,33-34H,1-2,12-21,23-24H2,3-11H3/t27-,28-,33+,34+,42-,43-,44+,45+/m0/s1. The molecule has 7 rings (SSSR count). The lowest BCUT2D eigenvalue weighted by Gasteiger charge is -2.59. The van der Waals surface area contributed by atoms with Gasteiger partial charge in [-0.2, -0.15) is 0 Å². The van der Waals surface area contributed by atoms with Crippen molar-refractivity contribution in [3.05, 3.63) is 58.6 Å². The summed E-state index contributed by atoms with van der Waals surface area (Å²) >= 11 is 0. The first-order valence-electron chi connectivity index (χ1n) is 19.5. The minimum atomic E-state index is -0.363. The molecule has 4 fully saturated rings. The Bertz CT molecular complexity index is 1860. The molecule has 1 heterocycles. The number of rotatable bonds is 7. The van der Waals surface area contributed by atoms with Crippen molar-refractivity contribution in [2.24, 2.45) is 45.3 Å². The van der Waals surface area contributed by atoms with Gasteiger partial charge in [0.1, 0.15) is 5.58 Å². The molecular formula is C45H60O6. The van der Waals surface area contributed by atoms with Crippen LogP contribution < -0.4 is 9.47 Å². The average Bonchev–Trinajstić information content (AvgIpc) is 3.49. The van der Waals surface area contributed by atoms with E-state index in [2.05, 4.69) is 54.7 Å². The van der Waals surface area contributed by atoms with Crippen LogP contribution in [0.4, 0.5) is 0 Å². The molecule has 0 aliphatic heterocycles. The molecular weight excluding hydrogens is 636 g/mol. The van der Waals surface area contributed by atoms with Crippen LogP contribution in [0.25, 0.3) is 11.0 Å². The van der Waals surface area contributed by atoms with E-state index in [1.54, 1.807) is 14.2 Å². The van der Waals surface area contributed by atoms with Gasteiger partial charge in [0, 0.05) is 16.5 Å². The Kier molecular flexibility index (Phi) is 8.78. The number of furan rings is 1. The second-order valence-corrected chi connectivity index (χ2v) is 18.1. The number of benzene rings is 1. The highest BCUT2D eigenvalue weighted by Crippen LogP contribution is 2.65. The Morgan fingerprint density at radius 3 is 1.82 bits per heavy atom. The topological polar surface area (TPSA) is 75.0 Å². The largest absolute Gasteiger partial charge is 0.493 e. The summed E-state index contributed by atoms with van der Waals surface area (Å²) in [6.07, 6.45) is 12.2. The molecule has 6 heteroatoms. The van der Waals surface area contributed by atoms with Crippen molar-refractivity contribution in [3.63, 3.8) is 0 Å². The van der Waals surface area contributed by atoms with Gasteiger partial charge in [-0.25, -0.2) is 0 Å². The third kappa shape index (κ3) is 5.00. The highest BCUT2D eigenvalue weighted by molar-refractivity contribution is 6.29. The van der Waals surface area contributed by atoms with Gasteiger partial charge in [0.05, 0.1) is 26.9 Å². The number of carbonyl (C=O) groups is 2. The van der Waals surface area contributed by atoms with Crippen LogP contribution in [-0.2, 0) is 11.2 Å². The van der Waals surface area contributed by atoms with Crippen LogP contribution in [0.5, 0.6) is 11.5 Å². The average molecular weight is 697 g/mol. The minimum Gasteiger partial charge on any atom is -0.493 e. The highest BCUT2D eigenvalue weighted by Gasteiger charge is 2.57. The highest BCUT2D eigenvalue weighted by atomic mass is 16.5. The molecule has 5 aliphatic rings. The maximum absolute atomic E-state index is 15.0. The van der Waals surface area contributed by atoms with E-state index < -0.39 is 0 Å². The molecule has 6 nitrogen and oxygen atoms in total. The molecule has 1 aromatic heterocycles. The number of methoxy groups -OCH3 is 3. The predicted molar refractivity (Wildman–Crippen MR) is 203 cm³/mol. The summed E-state index contributed by atoms with van der Waals surface area (Å²) in [7, 11) is 4.80. The Labute approximate surface area is 305 Å². The van der Waals surface area contributed by atoms with E-state index in [1.165, 1.54) is 18.3 Å². The number of ketones is 2. The van der Waals surface area contributed by atoms with E-state index in [9.17, 15) is 4.79 Å². The van der Waals surface area contributed by atoms with Crippen LogP contribution in [-0.4, -0.2) is 32.9 Å². The second kappa shape index (κ2) is 12.4. The Balaban J connectivity index is 1.36. The zero-order valence-corrected chi connectivity index (χ0v) is 32.7. The molecule has 0 N–H and O–H groups in total. The fourth-order valence-electron chi connectivity index (χ4n) is 12.3. The van der Waals surface area contributed by atoms with Crippen molar-refractivity contribution in [2.45, 2.75) is 119 Å². The van der Waals surface area contributed by atoms with E-state index in [-0.39, 0.29) is 44.7 Å². The summed E-state index contributed by atoms with van der Waals surface area (Å²) in [5.41, 5.74) is 4.67. The molecule has 0 saturated heterocycles. The van der Waals surface area contributed by atoms with Crippen LogP contribution in [0.3, 0.4) is 0 Å². The molecule has 5 aliphatic carbocycles. The lowest BCUT2D eigenvalue weighted by Crippen LogP contribution is -2.51. The number of hydrogen-bond acceptors (Lipinski definition) is 6. The molecule has 0 amide bonds.